The number of para-hydroxylation sites is 1. The summed E-state index contributed by atoms with van der Waals surface area (Å²) in [4.78, 5) is -0.125. The minimum Gasteiger partial charge on any atom is -0.507 e. The second kappa shape index (κ2) is 6.63. The number of phenolic OH excluding ortho intramolecular Hbond substituents is 1. The minimum atomic E-state index is -3.77. The van der Waals surface area contributed by atoms with Crippen LogP contribution in [-0.2, 0) is 16.4 Å². The molecule has 21 heavy (non-hydrogen) atoms. The summed E-state index contributed by atoms with van der Waals surface area (Å²) in [6.45, 7) is 2.13. The van der Waals surface area contributed by atoms with Crippen LogP contribution in [0.4, 0.5) is 5.69 Å². The van der Waals surface area contributed by atoms with E-state index < -0.39 is 10.0 Å². The van der Waals surface area contributed by atoms with Gasteiger partial charge in [0.25, 0.3) is 10.0 Å². The number of hydrogen-bond donors (Lipinski definition) is 2. The van der Waals surface area contributed by atoms with Crippen molar-refractivity contribution in [1.29, 1.82) is 0 Å². The molecule has 0 saturated carbocycles. The van der Waals surface area contributed by atoms with E-state index in [1.807, 2.05) is 12.1 Å². The molecule has 0 atom stereocenters. The molecule has 0 fully saturated rings. The summed E-state index contributed by atoms with van der Waals surface area (Å²) in [7, 11) is -3.77. The van der Waals surface area contributed by atoms with Gasteiger partial charge in [-0.1, -0.05) is 37.6 Å². The Labute approximate surface area is 125 Å². The fourth-order valence-electron chi connectivity index (χ4n) is 2.01. The van der Waals surface area contributed by atoms with Crippen molar-refractivity contribution in [1.82, 2.24) is 0 Å². The lowest BCUT2D eigenvalue weighted by Crippen LogP contribution is -2.13. The first-order valence-corrected chi connectivity index (χ1v) is 8.41. The molecular formula is C16H19NO3S. The van der Waals surface area contributed by atoms with E-state index in [0.29, 0.717) is 5.69 Å². The Morgan fingerprint density at radius 2 is 1.71 bits per heavy atom. The molecule has 0 amide bonds. The molecule has 2 rings (SSSR count). The van der Waals surface area contributed by atoms with Crippen molar-refractivity contribution in [2.45, 2.75) is 31.1 Å². The van der Waals surface area contributed by atoms with Crippen molar-refractivity contribution < 1.29 is 13.5 Å². The van der Waals surface area contributed by atoms with Gasteiger partial charge < -0.3 is 5.11 Å². The van der Waals surface area contributed by atoms with Gasteiger partial charge in [0.1, 0.15) is 10.6 Å². The topological polar surface area (TPSA) is 66.4 Å². The lowest BCUT2D eigenvalue weighted by atomic mass is 10.1. The molecule has 0 radical (unpaired) electrons. The molecule has 0 heterocycles. The highest BCUT2D eigenvalue weighted by atomic mass is 32.2. The number of rotatable bonds is 6. The number of aromatic hydroxyl groups is 1. The minimum absolute atomic E-state index is 0.125. The Morgan fingerprint density at radius 3 is 2.33 bits per heavy atom. The zero-order valence-electron chi connectivity index (χ0n) is 11.9. The van der Waals surface area contributed by atoms with E-state index in [0.717, 1.165) is 19.3 Å². The van der Waals surface area contributed by atoms with Crippen LogP contribution in [0.3, 0.4) is 0 Å². The normalized spacial score (nSPS) is 11.3. The zero-order chi connectivity index (χ0) is 15.3. The predicted molar refractivity (Wildman–Crippen MR) is 84.0 cm³/mol. The van der Waals surface area contributed by atoms with Crippen LogP contribution >= 0.6 is 0 Å². The number of phenols is 1. The molecule has 0 aliphatic rings. The fourth-order valence-corrected chi connectivity index (χ4v) is 3.17. The SMILES string of the molecule is CCCCc1ccc(NS(=O)(=O)c2ccccc2O)cc1. The molecule has 2 aromatic carbocycles. The van der Waals surface area contributed by atoms with Crippen LogP contribution in [0.2, 0.25) is 0 Å². The van der Waals surface area contributed by atoms with Crippen molar-refractivity contribution >= 4 is 15.7 Å². The molecule has 0 saturated heterocycles. The Bertz CT molecular complexity index is 694. The summed E-state index contributed by atoms with van der Waals surface area (Å²) in [5.41, 5.74) is 1.67. The highest BCUT2D eigenvalue weighted by molar-refractivity contribution is 7.92. The molecule has 5 heteroatoms. The summed E-state index contributed by atoms with van der Waals surface area (Å²) in [6.07, 6.45) is 3.23. The number of benzene rings is 2. The van der Waals surface area contributed by atoms with E-state index in [-0.39, 0.29) is 10.6 Å². The van der Waals surface area contributed by atoms with E-state index in [1.54, 1.807) is 24.3 Å². The number of sulfonamides is 1. The smallest absolute Gasteiger partial charge is 0.265 e. The third-order valence-electron chi connectivity index (χ3n) is 3.18. The monoisotopic (exact) mass is 305 g/mol. The quantitative estimate of drug-likeness (QED) is 0.858. The van der Waals surface area contributed by atoms with Crippen LogP contribution in [0, 0.1) is 0 Å². The Kier molecular flexibility index (Phi) is 4.85. The predicted octanol–water partition coefficient (Wildman–Crippen LogP) is 3.54. The summed E-state index contributed by atoms with van der Waals surface area (Å²) >= 11 is 0. The zero-order valence-corrected chi connectivity index (χ0v) is 12.7. The second-order valence-corrected chi connectivity index (χ2v) is 6.52. The van der Waals surface area contributed by atoms with Crippen LogP contribution < -0.4 is 4.72 Å². The van der Waals surface area contributed by atoms with E-state index in [4.69, 9.17) is 0 Å². The number of aryl methyl sites for hydroxylation is 1. The third kappa shape index (κ3) is 3.98. The van der Waals surface area contributed by atoms with Crippen molar-refractivity contribution in [2.75, 3.05) is 4.72 Å². The summed E-state index contributed by atoms with van der Waals surface area (Å²) < 4.78 is 26.9. The molecule has 2 aromatic rings. The number of anilines is 1. The van der Waals surface area contributed by atoms with Crippen LogP contribution in [-0.4, -0.2) is 13.5 Å². The van der Waals surface area contributed by atoms with Gasteiger partial charge in [0.05, 0.1) is 0 Å². The second-order valence-electron chi connectivity index (χ2n) is 4.87. The molecule has 0 aliphatic carbocycles. The van der Waals surface area contributed by atoms with Crippen LogP contribution in [0.25, 0.3) is 0 Å². The van der Waals surface area contributed by atoms with Gasteiger partial charge in [-0.25, -0.2) is 8.42 Å². The van der Waals surface area contributed by atoms with E-state index >= 15 is 0 Å². The summed E-state index contributed by atoms with van der Waals surface area (Å²) in [6, 6.07) is 13.2. The average Bonchev–Trinajstić information content (AvgIpc) is 2.46. The lowest BCUT2D eigenvalue weighted by Gasteiger charge is -2.10. The van der Waals surface area contributed by atoms with Gasteiger partial charge in [-0.05, 0) is 42.7 Å². The van der Waals surface area contributed by atoms with Crippen molar-refractivity contribution in [2.24, 2.45) is 0 Å². The Balaban J connectivity index is 2.16. The highest BCUT2D eigenvalue weighted by Gasteiger charge is 2.17. The van der Waals surface area contributed by atoms with E-state index in [2.05, 4.69) is 11.6 Å². The maximum atomic E-state index is 12.2. The van der Waals surface area contributed by atoms with Gasteiger partial charge in [-0.2, -0.15) is 0 Å². The van der Waals surface area contributed by atoms with Gasteiger partial charge in [0, 0.05) is 5.69 Å². The number of hydrogen-bond acceptors (Lipinski definition) is 3. The molecule has 0 bridgehead atoms. The first kappa shape index (κ1) is 15.4. The van der Waals surface area contributed by atoms with Gasteiger partial charge in [0.2, 0.25) is 0 Å². The third-order valence-corrected chi connectivity index (χ3v) is 4.61. The molecule has 0 aromatic heterocycles. The fraction of sp³-hybridized carbons (Fsp3) is 0.250. The van der Waals surface area contributed by atoms with Crippen LogP contribution in [0.1, 0.15) is 25.3 Å². The van der Waals surface area contributed by atoms with Crippen molar-refractivity contribution in [3.8, 4) is 5.75 Å². The van der Waals surface area contributed by atoms with Gasteiger partial charge in [-0.15, -0.1) is 0 Å². The van der Waals surface area contributed by atoms with Crippen LogP contribution in [0.5, 0.6) is 5.75 Å². The van der Waals surface area contributed by atoms with Gasteiger partial charge >= 0.3 is 0 Å². The maximum Gasteiger partial charge on any atom is 0.265 e. The highest BCUT2D eigenvalue weighted by Crippen LogP contribution is 2.24. The lowest BCUT2D eigenvalue weighted by molar-refractivity contribution is 0.459. The van der Waals surface area contributed by atoms with Crippen LogP contribution in [0.15, 0.2) is 53.4 Å². The first-order chi connectivity index (χ1) is 10.0. The molecule has 0 unspecified atom stereocenters. The largest absolute Gasteiger partial charge is 0.507 e. The average molecular weight is 305 g/mol. The Hall–Kier alpha value is -2.01. The van der Waals surface area contributed by atoms with E-state index in [9.17, 15) is 13.5 Å². The van der Waals surface area contributed by atoms with Crippen molar-refractivity contribution in [3.05, 3.63) is 54.1 Å². The molecular weight excluding hydrogens is 286 g/mol. The number of nitrogens with one attached hydrogen (secondary N) is 1. The van der Waals surface area contributed by atoms with Gasteiger partial charge in [0.15, 0.2) is 0 Å². The van der Waals surface area contributed by atoms with E-state index in [1.165, 1.54) is 17.7 Å². The summed E-state index contributed by atoms with van der Waals surface area (Å²) in [5.74, 6) is -0.260. The molecule has 112 valence electrons. The van der Waals surface area contributed by atoms with Crippen molar-refractivity contribution in [3.63, 3.8) is 0 Å². The number of unbranched alkanes of at least 4 members (excludes halogenated alkanes) is 1. The molecule has 0 spiro atoms. The standard InChI is InChI=1S/C16H19NO3S/c1-2-3-6-13-9-11-14(12-10-13)17-21(19,20)16-8-5-4-7-15(16)18/h4-5,7-12,17-18H,2-3,6H2,1H3. The summed E-state index contributed by atoms with van der Waals surface area (Å²) in [5, 5.41) is 9.65. The Morgan fingerprint density at radius 1 is 1.05 bits per heavy atom. The first-order valence-electron chi connectivity index (χ1n) is 6.92. The molecule has 2 N–H and O–H groups in total. The molecule has 4 nitrogen and oxygen atoms in total. The molecule has 0 aliphatic heterocycles. The maximum absolute atomic E-state index is 12.2. The van der Waals surface area contributed by atoms with Gasteiger partial charge in [-0.3, -0.25) is 4.72 Å².